The highest BCUT2D eigenvalue weighted by Crippen LogP contribution is 2.41. The maximum Gasteiger partial charge on any atom is 0.305 e. The number of nitrogens with one attached hydrogen (secondary N) is 1. The van der Waals surface area contributed by atoms with Crippen molar-refractivity contribution < 1.29 is 19.4 Å². The van der Waals surface area contributed by atoms with Crippen molar-refractivity contribution in [2.24, 2.45) is 5.41 Å². The molecular formula is C30H37NO4S. The molecule has 0 saturated carbocycles. The van der Waals surface area contributed by atoms with Crippen LogP contribution in [0.5, 0.6) is 5.75 Å². The van der Waals surface area contributed by atoms with Gasteiger partial charge in [-0.05, 0) is 58.9 Å². The molecule has 3 aromatic rings. The summed E-state index contributed by atoms with van der Waals surface area (Å²) in [5, 5.41) is 11.4. The number of benzene rings is 2. The van der Waals surface area contributed by atoms with Gasteiger partial charge < -0.3 is 15.2 Å². The molecule has 0 unspecified atom stereocenters. The Morgan fingerprint density at radius 1 is 0.972 bits per heavy atom. The molecular weight excluding hydrogens is 470 g/mol. The monoisotopic (exact) mass is 507 g/mol. The van der Waals surface area contributed by atoms with E-state index in [0.29, 0.717) is 4.88 Å². The molecule has 0 spiro atoms. The third-order valence-electron chi connectivity index (χ3n) is 6.03. The minimum absolute atomic E-state index is 0.102. The van der Waals surface area contributed by atoms with Crippen molar-refractivity contribution in [2.75, 3.05) is 6.54 Å². The zero-order valence-electron chi connectivity index (χ0n) is 22.3. The lowest BCUT2D eigenvalue weighted by Gasteiger charge is -2.30. The number of carboxylic acid groups (broad SMARTS) is 1. The molecule has 0 bridgehead atoms. The van der Waals surface area contributed by atoms with Crippen LogP contribution in [0, 0.1) is 12.3 Å². The van der Waals surface area contributed by atoms with Crippen LogP contribution >= 0.6 is 11.3 Å². The highest BCUT2D eigenvalue weighted by Gasteiger charge is 2.30. The standard InChI is InChI=1S/C30H37NO4S/c1-19-18-22(12-13-23(19)20-8-10-21(11-9-20)29(2,3)4)35-27(30(5,6)7)24-14-15-25(36-24)28(34)31-17-16-26(32)33/h8-15,18,27H,16-17H2,1-7H3,(H,31,34)(H,32,33)/t27-/m0/s1. The Bertz CT molecular complexity index is 1210. The van der Waals surface area contributed by atoms with Gasteiger partial charge in [-0.3, -0.25) is 9.59 Å². The summed E-state index contributed by atoms with van der Waals surface area (Å²) in [4.78, 5) is 24.6. The fourth-order valence-corrected chi connectivity index (χ4v) is 5.17. The van der Waals surface area contributed by atoms with Gasteiger partial charge in [0.2, 0.25) is 0 Å². The van der Waals surface area contributed by atoms with Crippen LogP contribution in [0.1, 0.15) is 79.7 Å². The molecule has 2 N–H and O–H groups in total. The van der Waals surface area contributed by atoms with E-state index in [-0.39, 0.29) is 35.8 Å². The highest BCUT2D eigenvalue weighted by atomic mass is 32.1. The van der Waals surface area contributed by atoms with Gasteiger partial charge in [-0.15, -0.1) is 11.3 Å². The Hall–Kier alpha value is -3.12. The Kier molecular flexibility index (Phi) is 8.29. The van der Waals surface area contributed by atoms with Crippen molar-refractivity contribution >= 4 is 23.2 Å². The summed E-state index contributed by atoms with van der Waals surface area (Å²) in [7, 11) is 0. The predicted molar refractivity (Wildman–Crippen MR) is 147 cm³/mol. The number of carbonyl (C=O) groups excluding carboxylic acids is 1. The molecule has 1 aromatic heterocycles. The largest absolute Gasteiger partial charge is 0.484 e. The topological polar surface area (TPSA) is 75.6 Å². The van der Waals surface area contributed by atoms with Crippen LogP contribution in [0.25, 0.3) is 11.1 Å². The third kappa shape index (κ3) is 6.97. The van der Waals surface area contributed by atoms with Crippen LogP contribution in [0.15, 0.2) is 54.6 Å². The fourth-order valence-electron chi connectivity index (χ4n) is 3.97. The summed E-state index contributed by atoms with van der Waals surface area (Å²) in [6, 6.07) is 18.6. The second kappa shape index (κ2) is 10.9. The van der Waals surface area contributed by atoms with E-state index >= 15 is 0 Å². The van der Waals surface area contributed by atoms with Crippen molar-refractivity contribution in [1.82, 2.24) is 5.32 Å². The summed E-state index contributed by atoms with van der Waals surface area (Å²) >= 11 is 1.38. The quantitative estimate of drug-likeness (QED) is 0.333. The summed E-state index contributed by atoms with van der Waals surface area (Å²) in [6.07, 6.45) is -0.354. The highest BCUT2D eigenvalue weighted by molar-refractivity contribution is 7.14. The first-order chi connectivity index (χ1) is 16.8. The number of rotatable bonds is 8. The van der Waals surface area contributed by atoms with E-state index < -0.39 is 5.97 Å². The Balaban J connectivity index is 1.79. The van der Waals surface area contributed by atoms with Crippen molar-refractivity contribution in [2.45, 2.75) is 66.4 Å². The van der Waals surface area contributed by atoms with Crippen LogP contribution in [-0.4, -0.2) is 23.5 Å². The van der Waals surface area contributed by atoms with Gasteiger partial charge in [0.1, 0.15) is 11.9 Å². The van der Waals surface area contributed by atoms with Gasteiger partial charge in [-0.1, -0.05) is 71.9 Å². The second-order valence-corrected chi connectivity index (χ2v) is 12.4. The number of carboxylic acids is 1. The van der Waals surface area contributed by atoms with Gasteiger partial charge in [0, 0.05) is 16.8 Å². The molecule has 36 heavy (non-hydrogen) atoms. The van der Waals surface area contributed by atoms with Gasteiger partial charge in [-0.2, -0.15) is 0 Å². The first-order valence-corrected chi connectivity index (χ1v) is 13.1. The molecule has 1 atom stereocenters. The molecule has 2 aromatic carbocycles. The molecule has 1 amide bonds. The molecule has 0 aliphatic carbocycles. The smallest absolute Gasteiger partial charge is 0.305 e. The van der Waals surface area contributed by atoms with E-state index in [1.807, 2.05) is 12.1 Å². The predicted octanol–water partition coefficient (Wildman–Crippen LogP) is 7.39. The minimum atomic E-state index is -0.938. The third-order valence-corrected chi connectivity index (χ3v) is 7.16. The lowest BCUT2D eigenvalue weighted by Crippen LogP contribution is -2.25. The van der Waals surface area contributed by atoms with Crippen molar-refractivity contribution in [3.05, 3.63) is 75.5 Å². The zero-order chi connectivity index (χ0) is 26.7. The molecule has 1 heterocycles. The maximum atomic E-state index is 12.4. The number of amides is 1. The lowest BCUT2D eigenvalue weighted by atomic mass is 9.86. The first kappa shape index (κ1) is 27.5. The number of hydrogen-bond donors (Lipinski definition) is 2. The van der Waals surface area contributed by atoms with Gasteiger partial charge in [0.15, 0.2) is 0 Å². The summed E-state index contributed by atoms with van der Waals surface area (Å²) in [5.41, 5.74) is 4.70. The second-order valence-electron chi connectivity index (χ2n) is 11.3. The maximum absolute atomic E-state index is 12.4. The zero-order valence-corrected chi connectivity index (χ0v) is 23.1. The van der Waals surface area contributed by atoms with Gasteiger partial charge >= 0.3 is 5.97 Å². The van der Waals surface area contributed by atoms with Gasteiger partial charge in [0.25, 0.3) is 5.91 Å². The fraction of sp³-hybridized carbons (Fsp3) is 0.400. The summed E-state index contributed by atoms with van der Waals surface area (Å²) < 4.78 is 6.51. The van der Waals surface area contributed by atoms with E-state index in [0.717, 1.165) is 16.2 Å². The van der Waals surface area contributed by atoms with Crippen LogP contribution < -0.4 is 10.1 Å². The van der Waals surface area contributed by atoms with E-state index in [1.54, 1.807) is 6.07 Å². The molecule has 0 fully saturated rings. The van der Waals surface area contributed by atoms with E-state index in [9.17, 15) is 9.59 Å². The summed E-state index contributed by atoms with van der Waals surface area (Å²) in [6.45, 7) is 15.2. The number of aryl methyl sites for hydroxylation is 1. The van der Waals surface area contributed by atoms with Crippen molar-refractivity contribution in [3.8, 4) is 16.9 Å². The number of hydrogen-bond acceptors (Lipinski definition) is 4. The molecule has 192 valence electrons. The molecule has 0 radical (unpaired) electrons. The van der Waals surface area contributed by atoms with E-state index in [2.05, 4.69) is 90.2 Å². The molecule has 0 aliphatic heterocycles. The molecule has 3 rings (SSSR count). The molecule has 5 nitrogen and oxygen atoms in total. The SMILES string of the molecule is Cc1cc(O[C@@H](c2ccc(C(=O)NCCC(=O)O)s2)C(C)(C)C)ccc1-c1ccc(C(C)(C)C)cc1. The number of carbonyl (C=O) groups is 2. The van der Waals surface area contributed by atoms with E-state index in [1.165, 1.54) is 28.0 Å². The van der Waals surface area contributed by atoms with Crippen LogP contribution in [0.2, 0.25) is 0 Å². The summed E-state index contributed by atoms with van der Waals surface area (Å²) in [5.74, 6) is -0.423. The number of thiophene rings is 1. The number of ether oxygens (including phenoxy) is 1. The molecule has 0 aliphatic rings. The van der Waals surface area contributed by atoms with Crippen molar-refractivity contribution in [3.63, 3.8) is 0 Å². The minimum Gasteiger partial charge on any atom is -0.484 e. The van der Waals surface area contributed by atoms with Gasteiger partial charge in [0.05, 0.1) is 11.3 Å². The molecule has 0 saturated heterocycles. The van der Waals surface area contributed by atoms with E-state index in [4.69, 9.17) is 9.84 Å². The Labute approximate surface area is 218 Å². The average Bonchev–Trinajstić information content (AvgIpc) is 3.26. The van der Waals surface area contributed by atoms with Crippen LogP contribution in [0.4, 0.5) is 0 Å². The molecule has 6 heteroatoms. The van der Waals surface area contributed by atoms with Crippen LogP contribution in [-0.2, 0) is 10.2 Å². The van der Waals surface area contributed by atoms with Gasteiger partial charge in [-0.25, -0.2) is 0 Å². The lowest BCUT2D eigenvalue weighted by molar-refractivity contribution is -0.136. The Morgan fingerprint density at radius 3 is 2.19 bits per heavy atom. The normalized spacial score (nSPS) is 12.8. The number of aliphatic carboxylic acids is 1. The van der Waals surface area contributed by atoms with Crippen LogP contribution in [0.3, 0.4) is 0 Å². The van der Waals surface area contributed by atoms with Crippen molar-refractivity contribution in [1.29, 1.82) is 0 Å². The Morgan fingerprint density at radius 2 is 1.64 bits per heavy atom. The first-order valence-electron chi connectivity index (χ1n) is 12.2. The average molecular weight is 508 g/mol.